The van der Waals surface area contributed by atoms with Gasteiger partial charge >= 0.3 is 0 Å². The second-order valence-electron chi connectivity index (χ2n) is 15.2. The first kappa shape index (κ1) is 34.0. The predicted molar refractivity (Wildman–Crippen MR) is 258 cm³/mol. The maximum absolute atomic E-state index is 2.52. The number of hydrogen-bond acceptors (Lipinski definition) is 3. The minimum absolute atomic E-state index is 1.12. The molecule has 276 valence electrons. The Morgan fingerprint density at radius 1 is 0.305 bits per heavy atom. The highest BCUT2D eigenvalue weighted by Gasteiger charge is 2.24. The van der Waals surface area contributed by atoms with Gasteiger partial charge in [-0.1, -0.05) is 164 Å². The van der Waals surface area contributed by atoms with Gasteiger partial charge in [0.05, 0.1) is 11.4 Å². The van der Waals surface area contributed by atoms with Gasteiger partial charge in [-0.15, -0.1) is 22.7 Å². The summed E-state index contributed by atoms with van der Waals surface area (Å²) in [6, 6.07) is 78.2. The number of benzene rings is 10. The third-order valence-electron chi connectivity index (χ3n) is 11.9. The van der Waals surface area contributed by atoms with Crippen molar-refractivity contribution in [2.24, 2.45) is 0 Å². The van der Waals surface area contributed by atoms with E-state index in [0.717, 1.165) is 5.69 Å². The summed E-state index contributed by atoms with van der Waals surface area (Å²) >= 11 is 3.77. The van der Waals surface area contributed by atoms with Crippen LogP contribution in [-0.2, 0) is 0 Å². The lowest BCUT2D eigenvalue weighted by atomic mass is 9.97. The van der Waals surface area contributed by atoms with Crippen LogP contribution in [0.4, 0.5) is 17.1 Å². The molecule has 0 saturated heterocycles. The molecule has 0 aliphatic rings. The minimum Gasteiger partial charge on any atom is -0.309 e. The first-order valence-electron chi connectivity index (χ1n) is 20.1. The van der Waals surface area contributed by atoms with E-state index in [9.17, 15) is 0 Å². The maximum atomic E-state index is 2.52. The Morgan fingerprint density at radius 2 is 0.898 bits per heavy atom. The molecule has 0 fully saturated rings. The summed E-state index contributed by atoms with van der Waals surface area (Å²) in [7, 11) is 0. The van der Waals surface area contributed by atoms with Crippen molar-refractivity contribution in [1.29, 1.82) is 0 Å². The molecule has 0 aliphatic heterocycles. The molecule has 10 aromatic carbocycles. The lowest BCUT2D eigenvalue weighted by molar-refractivity contribution is 1.32. The van der Waals surface area contributed by atoms with Gasteiger partial charge in [-0.05, 0) is 103 Å². The second-order valence-corrected chi connectivity index (χ2v) is 17.4. The third kappa shape index (κ3) is 5.66. The summed E-state index contributed by atoms with van der Waals surface area (Å²) in [5, 5.41) is 10.2. The van der Waals surface area contributed by atoms with Gasteiger partial charge < -0.3 is 4.90 Å². The topological polar surface area (TPSA) is 3.24 Å². The highest BCUT2D eigenvalue weighted by molar-refractivity contribution is 7.26. The van der Waals surface area contributed by atoms with Crippen LogP contribution in [0.3, 0.4) is 0 Å². The highest BCUT2D eigenvalue weighted by atomic mass is 32.1. The molecular formula is C56H35NS2. The van der Waals surface area contributed by atoms with E-state index in [1.807, 2.05) is 22.7 Å². The first-order chi connectivity index (χ1) is 29.2. The normalized spacial score (nSPS) is 11.7. The molecule has 0 radical (unpaired) electrons. The number of hydrogen-bond donors (Lipinski definition) is 0. The van der Waals surface area contributed by atoms with E-state index in [2.05, 4.69) is 217 Å². The van der Waals surface area contributed by atoms with Crippen LogP contribution in [0.2, 0.25) is 0 Å². The van der Waals surface area contributed by atoms with Gasteiger partial charge in [-0.3, -0.25) is 0 Å². The number of rotatable bonds is 6. The molecule has 1 nitrogen and oxygen atoms in total. The van der Waals surface area contributed by atoms with Crippen molar-refractivity contribution in [3.05, 3.63) is 212 Å². The van der Waals surface area contributed by atoms with Gasteiger partial charge in [-0.2, -0.15) is 0 Å². The zero-order valence-corrected chi connectivity index (χ0v) is 33.6. The van der Waals surface area contributed by atoms with Gasteiger partial charge in [0.25, 0.3) is 0 Å². The monoisotopic (exact) mass is 785 g/mol. The van der Waals surface area contributed by atoms with Crippen LogP contribution in [0, 0.1) is 0 Å². The van der Waals surface area contributed by atoms with Crippen LogP contribution in [0.25, 0.3) is 95.3 Å². The van der Waals surface area contributed by atoms with Gasteiger partial charge in [0.2, 0.25) is 0 Å². The Bertz CT molecular complexity index is 3540. The molecule has 0 bridgehead atoms. The molecule has 2 heterocycles. The third-order valence-corrected chi connectivity index (χ3v) is 14.2. The molecule has 0 aliphatic carbocycles. The van der Waals surface area contributed by atoms with Crippen LogP contribution in [0.1, 0.15) is 0 Å². The van der Waals surface area contributed by atoms with Crippen molar-refractivity contribution < 1.29 is 0 Å². The molecule has 0 atom stereocenters. The molecule has 12 rings (SSSR count). The summed E-state index contributed by atoms with van der Waals surface area (Å²) in [6.07, 6.45) is 0. The fourth-order valence-corrected chi connectivity index (χ4v) is 11.5. The molecule has 59 heavy (non-hydrogen) atoms. The van der Waals surface area contributed by atoms with Gasteiger partial charge in [-0.25, -0.2) is 0 Å². The zero-order chi connectivity index (χ0) is 38.9. The van der Waals surface area contributed by atoms with Crippen LogP contribution >= 0.6 is 22.7 Å². The number of nitrogens with zero attached hydrogens (tertiary/aromatic N) is 1. The summed E-state index contributed by atoms with van der Waals surface area (Å²) in [5.41, 5.74) is 10.9. The minimum atomic E-state index is 1.12. The summed E-state index contributed by atoms with van der Waals surface area (Å²) < 4.78 is 5.16. The van der Waals surface area contributed by atoms with E-state index >= 15 is 0 Å². The average molecular weight is 786 g/mol. The summed E-state index contributed by atoms with van der Waals surface area (Å²) in [4.78, 5) is 2.52. The molecule has 0 saturated carbocycles. The van der Waals surface area contributed by atoms with E-state index in [1.54, 1.807) is 0 Å². The lowest BCUT2D eigenvalue weighted by Crippen LogP contribution is -2.11. The van der Waals surface area contributed by atoms with Gasteiger partial charge in [0, 0.05) is 46.0 Å². The largest absolute Gasteiger partial charge is 0.309 e. The van der Waals surface area contributed by atoms with Gasteiger partial charge in [0.1, 0.15) is 0 Å². The highest BCUT2D eigenvalue weighted by Crippen LogP contribution is 2.51. The Hall–Kier alpha value is -7.04. The van der Waals surface area contributed by atoms with Crippen molar-refractivity contribution in [2.45, 2.75) is 0 Å². The van der Waals surface area contributed by atoms with E-state index in [1.165, 1.54) is 107 Å². The molecule has 12 aromatic rings. The van der Waals surface area contributed by atoms with E-state index < -0.39 is 0 Å². The summed E-state index contributed by atoms with van der Waals surface area (Å²) in [6.45, 7) is 0. The van der Waals surface area contributed by atoms with Gasteiger partial charge in [0.15, 0.2) is 0 Å². The van der Waals surface area contributed by atoms with E-state index in [0.29, 0.717) is 0 Å². The van der Waals surface area contributed by atoms with Crippen molar-refractivity contribution in [3.63, 3.8) is 0 Å². The summed E-state index contributed by atoms with van der Waals surface area (Å²) in [5.74, 6) is 0. The quantitative estimate of drug-likeness (QED) is 0.152. The van der Waals surface area contributed by atoms with Crippen LogP contribution in [0.15, 0.2) is 212 Å². The Balaban J connectivity index is 1.08. The fourth-order valence-electron chi connectivity index (χ4n) is 9.05. The smallest absolute Gasteiger partial charge is 0.0555 e. The molecular weight excluding hydrogens is 751 g/mol. The van der Waals surface area contributed by atoms with E-state index in [4.69, 9.17) is 0 Å². The molecule has 0 spiro atoms. The van der Waals surface area contributed by atoms with Crippen LogP contribution in [0.5, 0.6) is 0 Å². The van der Waals surface area contributed by atoms with Crippen molar-refractivity contribution >= 4 is 102 Å². The molecule has 0 N–H and O–H groups in total. The number of anilines is 3. The van der Waals surface area contributed by atoms with E-state index in [-0.39, 0.29) is 0 Å². The van der Waals surface area contributed by atoms with Crippen molar-refractivity contribution in [2.75, 3.05) is 4.90 Å². The number of fused-ring (bicyclic) bond motifs is 9. The maximum Gasteiger partial charge on any atom is 0.0555 e. The Labute approximate surface area is 350 Å². The molecule has 3 heteroatoms. The Morgan fingerprint density at radius 3 is 1.73 bits per heavy atom. The van der Waals surface area contributed by atoms with Crippen molar-refractivity contribution in [3.8, 4) is 33.4 Å². The predicted octanol–water partition coefficient (Wildman–Crippen LogP) is 17.2. The molecule has 2 aromatic heterocycles. The van der Waals surface area contributed by atoms with Crippen molar-refractivity contribution in [1.82, 2.24) is 0 Å². The SMILES string of the molecule is c1ccc(-c2ccc3c(c2)sc2cccc(N(c4ccc(-c5ccc6c(ccc7ccccc76)c5)cc4)c4ccc(-c5ccccc5)c5sc6ccccc6c45)c23)cc1. The fraction of sp³-hybridized carbons (Fsp3) is 0. The number of thiophene rings is 2. The lowest BCUT2D eigenvalue weighted by Gasteiger charge is -2.28. The standard InChI is InChI=1S/C56H35NS2/c1-3-12-36(13-4-1)41-27-31-48-53(35-41)58-52-21-11-19-49(54(48)52)57(50-33-32-46(38-14-5-2-6-15-38)56-55(50)47-18-9-10-20-51(47)59-56)43-28-24-37(25-29-43)40-26-30-45-42(34-40)23-22-39-16-7-8-17-44(39)45/h1-35H. The molecule has 0 amide bonds. The molecule has 0 unspecified atom stereocenters. The van der Waals surface area contributed by atoms with Crippen LogP contribution in [-0.4, -0.2) is 0 Å². The Kier molecular flexibility index (Phi) is 7.97. The zero-order valence-electron chi connectivity index (χ0n) is 32.0. The van der Waals surface area contributed by atoms with Crippen LogP contribution < -0.4 is 4.90 Å². The average Bonchev–Trinajstić information content (AvgIpc) is 3.89. The second kappa shape index (κ2) is 13.8. The first-order valence-corrected chi connectivity index (χ1v) is 21.7.